The average Bonchev–Trinajstić information content (AvgIpc) is 2.66. The predicted molar refractivity (Wildman–Crippen MR) is 61.0 cm³/mol. The van der Waals surface area contributed by atoms with Crippen molar-refractivity contribution in [3.05, 3.63) is 23.2 Å². The minimum Gasteiger partial charge on any atom is -0.495 e. The Hall–Kier alpha value is -1.62. The Morgan fingerprint density at radius 1 is 1.33 bits per heavy atom. The van der Waals surface area contributed by atoms with Gasteiger partial charge < -0.3 is 10.5 Å². The number of hydrogen-bond donors (Lipinski definition) is 1. The van der Waals surface area contributed by atoms with E-state index in [4.69, 9.17) is 10.5 Å². The van der Waals surface area contributed by atoms with Crippen LogP contribution in [-0.4, -0.2) is 17.3 Å². The zero-order valence-corrected chi connectivity index (χ0v) is 9.34. The fraction of sp³-hybridized carbons (Fsp3) is 0.200. The number of anilines is 1. The summed E-state index contributed by atoms with van der Waals surface area (Å²) in [6.45, 7) is 1.93. The quantitative estimate of drug-likeness (QED) is 0.789. The first-order valence-corrected chi connectivity index (χ1v) is 5.26. The molecule has 4 nitrogen and oxygen atoms in total. The van der Waals surface area contributed by atoms with E-state index in [1.165, 1.54) is 0 Å². The normalized spacial score (nSPS) is 10.3. The van der Waals surface area contributed by atoms with Crippen LogP contribution in [0.3, 0.4) is 0 Å². The van der Waals surface area contributed by atoms with Crippen LogP contribution in [0.1, 0.15) is 5.01 Å². The number of nitrogens with zero attached hydrogens (tertiary/aromatic N) is 2. The Morgan fingerprint density at radius 2 is 2.13 bits per heavy atom. The van der Waals surface area contributed by atoms with Crippen molar-refractivity contribution in [2.75, 3.05) is 12.8 Å². The van der Waals surface area contributed by atoms with Crippen LogP contribution in [0.25, 0.3) is 10.6 Å². The molecule has 0 atom stereocenters. The van der Waals surface area contributed by atoms with E-state index in [0.717, 1.165) is 15.6 Å². The molecule has 1 heterocycles. The Kier molecular flexibility index (Phi) is 2.55. The van der Waals surface area contributed by atoms with Gasteiger partial charge in [-0.15, -0.1) is 10.2 Å². The van der Waals surface area contributed by atoms with Crippen molar-refractivity contribution in [1.82, 2.24) is 10.2 Å². The minimum atomic E-state index is 0.627. The molecule has 0 saturated carbocycles. The van der Waals surface area contributed by atoms with Crippen molar-refractivity contribution >= 4 is 17.0 Å². The molecule has 2 N–H and O–H groups in total. The van der Waals surface area contributed by atoms with E-state index in [1.807, 2.05) is 25.1 Å². The maximum Gasteiger partial charge on any atom is 0.147 e. The van der Waals surface area contributed by atoms with Gasteiger partial charge >= 0.3 is 0 Å². The third-order valence-corrected chi connectivity index (χ3v) is 2.89. The van der Waals surface area contributed by atoms with Crippen LogP contribution in [0.2, 0.25) is 0 Å². The molecule has 0 amide bonds. The lowest BCUT2D eigenvalue weighted by Gasteiger charge is -2.04. The van der Waals surface area contributed by atoms with Crippen molar-refractivity contribution in [2.24, 2.45) is 0 Å². The van der Waals surface area contributed by atoms with Crippen molar-refractivity contribution < 1.29 is 4.74 Å². The highest BCUT2D eigenvalue weighted by Crippen LogP contribution is 2.30. The number of hydrogen-bond acceptors (Lipinski definition) is 5. The molecule has 5 heteroatoms. The maximum atomic E-state index is 5.73. The number of nitrogen functional groups attached to an aromatic ring is 1. The molecule has 0 aliphatic heterocycles. The molecular weight excluding hydrogens is 210 g/mol. The van der Waals surface area contributed by atoms with Gasteiger partial charge in [-0.1, -0.05) is 11.3 Å². The molecule has 15 heavy (non-hydrogen) atoms. The molecule has 0 aliphatic carbocycles. The summed E-state index contributed by atoms with van der Waals surface area (Å²) in [6.07, 6.45) is 0. The molecule has 0 unspecified atom stereocenters. The summed E-state index contributed by atoms with van der Waals surface area (Å²) in [5.74, 6) is 0.667. The third-order valence-electron chi connectivity index (χ3n) is 2.01. The van der Waals surface area contributed by atoms with Crippen molar-refractivity contribution in [2.45, 2.75) is 6.92 Å². The van der Waals surface area contributed by atoms with Gasteiger partial charge in [-0.05, 0) is 25.1 Å². The summed E-state index contributed by atoms with van der Waals surface area (Å²) in [6, 6.07) is 5.60. The van der Waals surface area contributed by atoms with Gasteiger partial charge in [0.25, 0.3) is 0 Å². The summed E-state index contributed by atoms with van der Waals surface area (Å²) in [7, 11) is 1.60. The van der Waals surface area contributed by atoms with Crippen LogP contribution in [0.15, 0.2) is 18.2 Å². The standard InChI is InChI=1S/C10H11N3OS/c1-6-12-13-10(15-6)7-3-4-8(11)9(5-7)14-2/h3-5H,11H2,1-2H3. The molecule has 0 fully saturated rings. The van der Waals surface area contributed by atoms with E-state index in [2.05, 4.69) is 10.2 Å². The Balaban J connectivity index is 2.45. The lowest BCUT2D eigenvalue weighted by molar-refractivity contribution is 0.417. The number of rotatable bonds is 2. The molecular formula is C10H11N3OS. The molecule has 78 valence electrons. The van der Waals surface area contributed by atoms with Gasteiger partial charge in [-0.25, -0.2) is 0 Å². The van der Waals surface area contributed by atoms with E-state index in [0.29, 0.717) is 11.4 Å². The van der Waals surface area contributed by atoms with Gasteiger partial charge in [-0.3, -0.25) is 0 Å². The summed E-state index contributed by atoms with van der Waals surface area (Å²) in [4.78, 5) is 0. The van der Waals surface area contributed by atoms with Gasteiger partial charge in [-0.2, -0.15) is 0 Å². The van der Waals surface area contributed by atoms with E-state index in [1.54, 1.807) is 18.4 Å². The number of aromatic nitrogens is 2. The first kappa shape index (κ1) is 9.92. The number of benzene rings is 1. The van der Waals surface area contributed by atoms with Gasteiger partial charge in [0.1, 0.15) is 15.8 Å². The summed E-state index contributed by atoms with van der Waals surface area (Å²) >= 11 is 1.55. The maximum absolute atomic E-state index is 5.73. The average molecular weight is 221 g/mol. The van der Waals surface area contributed by atoms with Crippen LogP contribution in [0.5, 0.6) is 5.75 Å². The third kappa shape index (κ3) is 1.92. The lowest BCUT2D eigenvalue weighted by Crippen LogP contribution is -1.92. The zero-order chi connectivity index (χ0) is 10.8. The molecule has 0 aliphatic rings. The second-order valence-corrected chi connectivity index (χ2v) is 4.26. The fourth-order valence-electron chi connectivity index (χ4n) is 1.26. The topological polar surface area (TPSA) is 61.0 Å². The Bertz CT molecular complexity index is 481. The molecule has 1 aromatic carbocycles. The number of methoxy groups -OCH3 is 1. The Morgan fingerprint density at radius 3 is 2.73 bits per heavy atom. The van der Waals surface area contributed by atoms with Gasteiger partial charge in [0.15, 0.2) is 0 Å². The van der Waals surface area contributed by atoms with E-state index >= 15 is 0 Å². The minimum absolute atomic E-state index is 0.627. The second-order valence-electron chi connectivity index (χ2n) is 3.08. The molecule has 0 spiro atoms. The number of nitrogens with two attached hydrogens (primary N) is 1. The summed E-state index contributed by atoms with van der Waals surface area (Å²) in [5.41, 5.74) is 7.33. The van der Waals surface area contributed by atoms with Gasteiger partial charge in [0.05, 0.1) is 12.8 Å². The highest BCUT2D eigenvalue weighted by atomic mass is 32.1. The number of ether oxygens (including phenoxy) is 1. The van der Waals surface area contributed by atoms with Crippen molar-refractivity contribution in [1.29, 1.82) is 0 Å². The second kappa shape index (κ2) is 3.86. The monoisotopic (exact) mass is 221 g/mol. The van der Waals surface area contributed by atoms with Crippen LogP contribution >= 0.6 is 11.3 Å². The summed E-state index contributed by atoms with van der Waals surface area (Å²) in [5, 5.41) is 9.86. The molecule has 2 aromatic rings. The van der Waals surface area contributed by atoms with Crippen LogP contribution in [0.4, 0.5) is 5.69 Å². The SMILES string of the molecule is COc1cc(-c2nnc(C)s2)ccc1N. The van der Waals surface area contributed by atoms with E-state index < -0.39 is 0 Å². The van der Waals surface area contributed by atoms with Crippen LogP contribution in [0, 0.1) is 6.92 Å². The lowest BCUT2D eigenvalue weighted by atomic mass is 10.2. The molecule has 0 bridgehead atoms. The first-order chi connectivity index (χ1) is 7.20. The smallest absolute Gasteiger partial charge is 0.147 e. The molecule has 0 radical (unpaired) electrons. The van der Waals surface area contributed by atoms with Gasteiger partial charge in [0, 0.05) is 5.56 Å². The van der Waals surface area contributed by atoms with Crippen molar-refractivity contribution in [3.63, 3.8) is 0 Å². The highest BCUT2D eigenvalue weighted by Gasteiger charge is 2.07. The van der Waals surface area contributed by atoms with Crippen LogP contribution in [-0.2, 0) is 0 Å². The summed E-state index contributed by atoms with van der Waals surface area (Å²) < 4.78 is 5.15. The zero-order valence-electron chi connectivity index (χ0n) is 8.52. The predicted octanol–water partition coefficient (Wildman–Crippen LogP) is 2.10. The fourth-order valence-corrected chi connectivity index (χ4v) is 1.95. The highest BCUT2D eigenvalue weighted by molar-refractivity contribution is 7.14. The van der Waals surface area contributed by atoms with Gasteiger partial charge in [0.2, 0.25) is 0 Å². The molecule has 2 rings (SSSR count). The van der Waals surface area contributed by atoms with E-state index in [-0.39, 0.29) is 0 Å². The van der Waals surface area contributed by atoms with Crippen molar-refractivity contribution in [3.8, 4) is 16.3 Å². The first-order valence-electron chi connectivity index (χ1n) is 4.44. The molecule has 1 aromatic heterocycles. The van der Waals surface area contributed by atoms with E-state index in [9.17, 15) is 0 Å². The largest absolute Gasteiger partial charge is 0.495 e. The Labute approximate surface area is 91.7 Å². The number of aryl methyl sites for hydroxylation is 1. The van der Waals surface area contributed by atoms with Crippen LogP contribution < -0.4 is 10.5 Å². The molecule has 0 saturated heterocycles.